The number of rotatable bonds is 5. The molecule has 0 aliphatic rings. The van der Waals surface area contributed by atoms with Crippen molar-refractivity contribution in [2.75, 3.05) is 6.54 Å². The highest BCUT2D eigenvalue weighted by Gasteiger charge is 2.05. The van der Waals surface area contributed by atoms with E-state index in [-0.39, 0.29) is 12.2 Å². The van der Waals surface area contributed by atoms with E-state index in [4.69, 9.17) is 16.7 Å². The maximum absolute atomic E-state index is 13.2. The minimum absolute atomic E-state index is 0.0337. The second kappa shape index (κ2) is 5.82. The van der Waals surface area contributed by atoms with Crippen LogP contribution in [0, 0.1) is 12.7 Å². The van der Waals surface area contributed by atoms with Crippen LogP contribution in [0.2, 0.25) is 5.02 Å². The summed E-state index contributed by atoms with van der Waals surface area (Å²) in [5, 5.41) is 11.8. The van der Waals surface area contributed by atoms with E-state index in [0.717, 1.165) is 0 Å². The van der Waals surface area contributed by atoms with Crippen LogP contribution in [0.5, 0.6) is 0 Å². The van der Waals surface area contributed by atoms with Gasteiger partial charge in [0.05, 0.1) is 6.42 Å². The number of hydrogen-bond donors (Lipinski definition) is 2. The molecule has 0 unspecified atom stereocenters. The second-order valence-corrected chi connectivity index (χ2v) is 3.92. The van der Waals surface area contributed by atoms with Crippen LogP contribution in [-0.2, 0) is 11.3 Å². The number of aryl methyl sites for hydroxylation is 1. The topological polar surface area (TPSA) is 49.3 Å². The molecule has 0 amide bonds. The zero-order valence-corrected chi connectivity index (χ0v) is 9.64. The lowest BCUT2D eigenvalue weighted by Gasteiger charge is -2.07. The van der Waals surface area contributed by atoms with Crippen molar-refractivity contribution in [3.05, 3.63) is 34.1 Å². The summed E-state index contributed by atoms with van der Waals surface area (Å²) >= 11 is 5.92. The third kappa shape index (κ3) is 3.79. The molecule has 0 fully saturated rings. The van der Waals surface area contributed by atoms with E-state index in [1.807, 2.05) is 0 Å². The van der Waals surface area contributed by atoms with Gasteiger partial charge >= 0.3 is 5.97 Å². The fourth-order valence-corrected chi connectivity index (χ4v) is 1.53. The Balaban J connectivity index is 2.54. The summed E-state index contributed by atoms with van der Waals surface area (Å²) in [4.78, 5) is 10.3. The number of carboxylic acids is 1. The van der Waals surface area contributed by atoms with Gasteiger partial charge in [-0.3, -0.25) is 4.79 Å². The number of hydrogen-bond acceptors (Lipinski definition) is 2. The average molecular weight is 246 g/mol. The van der Waals surface area contributed by atoms with Gasteiger partial charge in [-0.05, 0) is 30.2 Å². The molecule has 0 spiro atoms. The predicted octanol–water partition coefficient (Wildman–Crippen LogP) is 2.35. The summed E-state index contributed by atoms with van der Waals surface area (Å²) in [5.74, 6) is -1.17. The number of benzene rings is 1. The van der Waals surface area contributed by atoms with E-state index in [2.05, 4.69) is 5.32 Å². The quantitative estimate of drug-likeness (QED) is 0.783. The molecule has 5 heteroatoms. The van der Waals surface area contributed by atoms with Crippen LogP contribution in [0.25, 0.3) is 0 Å². The van der Waals surface area contributed by atoms with Crippen molar-refractivity contribution in [3.63, 3.8) is 0 Å². The summed E-state index contributed by atoms with van der Waals surface area (Å²) < 4.78 is 13.2. The Labute approximate surface area is 98.2 Å². The van der Waals surface area contributed by atoms with Crippen molar-refractivity contribution in [2.45, 2.75) is 19.9 Å². The van der Waals surface area contributed by atoms with Crippen LogP contribution in [0.3, 0.4) is 0 Å². The molecule has 3 nitrogen and oxygen atoms in total. The lowest BCUT2D eigenvalue weighted by atomic mass is 10.1. The fourth-order valence-electron chi connectivity index (χ4n) is 1.24. The minimum Gasteiger partial charge on any atom is -0.481 e. The van der Waals surface area contributed by atoms with E-state index in [1.54, 1.807) is 13.0 Å². The van der Waals surface area contributed by atoms with Gasteiger partial charge in [0.1, 0.15) is 5.82 Å². The molecule has 0 aromatic heterocycles. The van der Waals surface area contributed by atoms with Crippen LogP contribution in [0.1, 0.15) is 17.5 Å². The molecule has 16 heavy (non-hydrogen) atoms. The van der Waals surface area contributed by atoms with E-state index in [9.17, 15) is 9.18 Å². The van der Waals surface area contributed by atoms with Gasteiger partial charge in [0.25, 0.3) is 0 Å². The van der Waals surface area contributed by atoms with E-state index in [1.165, 1.54) is 6.07 Å². The van der Waals surface area contributed by atoms with Gasteiger partial charge in [-0.1, -0.05) is 11.6 Å². The Hall–Kier alpha value is -1.13. The molecule has 1 aromatic carbocycles. The Morgan fingerprint density at radius 3 is 2.88 bits per heavy atom. The fraction of sp³-hybridized carbons (Fsp3) is 0.364. The van der Waals surface area contributed by atoms with Gasteiger partial charge in [-0.15, -0.1) is 0 Å². The van der Waals surface area contributed by atoms with Crippen LogP contribution in [0.4, 0.5) is 4.39 Å². The van der Waals surface area contributed by atoms with Crippen LogP contribution >= 0.6 is 11.6 Å². The summed E-state index contributed by atoms with van der Waals surface area (Å²) in [5.41, 5.74) is 1.13. The van der Waals surface area contributed by atoms with Crippen LogP contribution in [0.15, 0.2) is 12.1 Å². The zero-order chi connectivity index (χ0) is 12.1. The van der Waals surface area contributed by atoms with Crippen LogP contribution in [-0.4, -0.2) is 17.6 Å². The van der Waals surface area contributed by atoms with Gasteiger partial charge in [0.15, 0.2) is 0 Å². The van der Waals surface area contributed by atoms with Crippen molar-refractivity contribution >= 4 is 17.6 Å². The first-order valence-electron chi connectivity index (χ1n) is 4.87. The van der Waals surface area contributed by atoms with Crippen molar-refractivity contribution in [3.8, 4) is 0 Å². The number of carbonyl (C=O) groups is 1. The van der Waals surface area contributed by atoms with Crippen molar-refractivity contribution < 1.29 is 14.3 Å². The molecule has 2 N–H and O–H groups in total. The molecule has 0 bridgehead atoms. The van der Waals surface area contributed by atoms with E-state index < -0.39 is 5.97 Å². The summed E-state index contributed by atoms with van der Waals surface area (Å²) in [6, 6.07) is 2.93. The SMILES string of the molecule is Cc1cc(Cl)c(CNCCC(=O)O)cc1F. The van der Waals surface area contributed by atoms with E-state index in [0.29, 0.717) is 29.2 Å². The highest BCUT2D eigenvalue weighted by molar-refractivity contribution is 6.31. The molecule has 88 valence electrons. The average Bonchev–Trinajstić information content (AvgIpc) is 2.19. The van der Waals surface area contributed by atoms with Gasteiger partial charge < -0.3 is 10.4 Å². The highest BCUT2D eigenvalue weighted by Crippen LogP contribution is 2.20. The summed E-state index contributed by atoms with van der Waals surface area (Å²) in [6.07, 6.45) is 0.0337. The predicted molar refractivity (Wildman–Crippen MR) is 60.1 cm³/mol. The summed E-state index contributed by atoms with van der Waals surface area (Å²) in [7, 11) is 0. The monoisotopic (exact) mass is 245 g/mol. The first-order valence-corrected chi connectivity index (χ1v) is 5.25. The van der Waals surface area contributed by atoms with Gasteiger partial charge in [-0.2, -0.15) is 0 Å². The standard InChI is InChI=1S/C11H13ClFNO2/c1-7-4-9(12)8(5-10(7)13)6-14-3-2-11(15)16/h4-5,14H,2-3,6H2,1H3,(H,15,16). The smallest absolute Gasteiger partial charge is 0.304 e. The molecule has 0 radical (unpaired) electrons. The number of halogens is 2. The third-order valence-corrected chi connectivity index (χ3v) is 2.51. The molecule has 1 rings (SSSR count). The molecule has 1 aromatic rings. The van der Waals surface area contributed by atoms with Gasteiger partial charge in [-0.25, -0.2) is 4.39 Å². The molecular formula is C11H13ClFNO2. The summed E-state index contributed by atoms with van der Waals surface area (Å²) in [6.45, 7) is 2.34. The van der Waals surface area contributed by atoms with Crippen molar-refractivity contribution in [2.24, 2.45) is 0 Å². The number of aliphatic carboxylic acids is 1. The lowest BCUT2D eigenvalue weighted by molar-refractivity contribution is -0.136. The highest BCUT2D eigenvalue weighted by atomic mass is 35.5. The molecular weight excluding hydrogens is 233 g/mol. The molecule has 0 saturated carbocycles. The van der Waals surface area contributed by atoms with Crippen molar-refractivity contribution in [1.82, 2.24) is 5.32 Å². The van der Waals surface area contributed by atoms with Gasteiger partial charge in [0.2, 0.25) is 0 Å². The Morgan fingerprint density at radius 1 is 1.56 bits per heavy atom. The first kappa shape index (κ1) is 12.9. The Morgan fingerprint density at radius 2 is 2.25 bits per heavy atom. The molecule has 0 aliphatic heterocycles. The zero-order valence-electron chi connectivity index (χ0n) is 8.89. The molecule has 0 atom stereocenters. The third-order valence-electron chi connectivity index (χ3n) is 2.16. The molecule has 0 heterocycles. The normalized spacial score (nSPS) is 10.4. The maximum atomic E-state index is 13.2. The Kier molecular flexibility index (Phi) is 4.71. The number of nitrogens with one attached hydrogen (secondary N) is 1. The minimum atomic E-state index is -0.867. The Bertz CT molecular complexity index is 396. The largest absolute Gasteiger partial charge is 0.481 e. The number of carboxylic acid groups (broad SMARTS) is 1. The maximum Gasteiger partial charge on any atom is 0.304 e. The van der Waals surface area contributed by atoms with Gasteiger partial charge in [0, 0.05) is 18.1 Å². The van der Waals surface area contributed by atoms with Crippen molar-refractivity contribution in [1.29, 1.82) is 0 Å². The first-order chi connectivity index (χ1) is 7.50. The lowest BCUT2D eigenvalue weighted by Crippen LogP contribution is -2.18. The van der Waals surface area contributed by atoms with Crippen LogP contribution < -0.4 is 5.32 Å². The second-order valence-electron chi connectivity index (χ2n) is 3.51. The van der Waals surface area contributed by atoms with E-state index >= 15 is 0 Å². The molecule has 0 aliphatic carbocycles. The molecule has 0 saturated heterocycles.